The minimum absolute atomic E-state index is 0.219. The third-order valence-electron chi connectivity index (χ3n) is 4.34. The fourth-order valence-electron chi connectivity index (χ4n) is 2.73. The lowest BCUT2D eigenvalue weighted by molar-refractivity contribution is -0.276. The maximum atomic E-state index is 12.1. The van der Waals surface area contributed by atoms with Crippen molar-refractivity contribution in [2.75, 3.05) is 13.2 Å². The van der Waals surface area contributed by atoms with E-state index in [2.05, 4.69) is 4.98 Å². The summed E-state index contributed by atoms with van der Waals surface area (Å²) in [6, 6.07) is 0. The van der Waals surface area contributed by atoms with Gasteiger partial charge >= 0.3 is 7.60 Å². The molecule has 0 amide bonds. The molecule has 0 saturated heterocycles. The Labute approximate surface area is 146 Å². The van der Waals surface area contributed by atoms with Crippen molar-refractivity contribution < 1.29 is 33.8 Å². The van der Waals surface area contributed by atoms with Gasteiger partial charge in [-0.25, -0.2) is 14.5 Å². The number of hydrogen-bond donors (Lipinski definition) is 4. The molecule has 2 atom stereocenters. The van der Waals surface area contributed by atoms with Crippen LogP contribution in [0.2, 0.25) is 0 Å². The number of ketones is 1. The van der Waals surface area contributed by atoms with Crippen molar-refractivity contribution in [2.45, 2.75) is 42.9 Å². The topological polar surface area (TPSA) is 157 Å². The Hall–Kier alpha value is -0.700. The van der Waals surface area contributed by atoms with Gasteiger partial charge in [0.2, 0.25) is 5.08 Å². The van der Waals surface area contributed by atoms with E-state index in [0.29, 0.717) is 12.8 Å². The Morgan fingerprint density at radius 3 is 2.60 bits per heavy atom. The first-order chi connectivity index (χ1) is 11.6. The zero-order valence-electron chi connectivity index (χ0n) is 13.8. The lowest BCUT2D eigenvalue weighted by Gasteiger charge is -2.35. The molecule has 1 aromatic heterocycles. The molecule has 0 spiro atoms. The molecule has 2 rings (SSSR count). The predicted octanol–water partition coefficient (Wildman–Crippen LogP) is 0.522. The number of imidazole rings is 1. The highest BCUT2D eigenvalue weighted by molar-refractivity contribution is 7.71. The van der Waals surface area contributed by atoms with Crippen molar-refractivity contribution in [1.29, 1.82) is 0 Å². The SMILES string of the molecule is C[P@](OOC1(C(=O)CN)CCCC1)C(O)(Cn1ccnc1)P(=O)(O)O. The fraction of sp³-hybridized carbons (Fsp3) is 0.692. The number of rotatable bonds is 9. The summed E-state index contributed by atoms with van der Waals surface area (Å²) >= 11 is 0. The van der Waals surface area contributed by atoms with E-state index in [9.17, 15) is 24.3 Å². The molecule has 1 aliphatic rings. The number of aliphatic hydroxyl groups is 1. The van der Waals surface area contributed by atoms with Crippen LogP contribution in [0.15, 0.2) is 18.7 Å². The predicted molar refractivity (Wildman–Crippen MR) is 89.5 cm³/mol. The maximum absolute atomic E-state index is 12.1. The number of hydrogen-bond acceptors (Lipinski definition) is 7. The average molecular weight is 395 g/mol. The molecule has 12 heteroatoms. The van der Waals surface area contributed by atoms with Crippen molar-refractivity contribution in [3.05, 3.63) is 18.7 Å². The van der Waals surface area contributed by atoms with Crippen molar-refractivity contribution in [2.24, 2.45) is 5.73 Å². The van der Waals surface area contributed by atoms with Crippen LogP contribution in [0.5, 0.6) is 0 Å². The molecule has 5 N–H and O–H groups in total. The number of nitrogens with zero attached hydrogens (tertiary/aromatic N) is 2. The second kappa shape index (κ2) is 7.90. The highest BCUT2D eigenvalue weighted by Crippen LogP contribution is 2.66. The molecular weight excluding hydrogens is 372 g/mol. The largest absolute Gasteiger partial charge is 0.370 e. The van der Waals surface area contributed by atoms with Gasteiger partial charge in [-0.3, -0.25) is 9.36 Å². The number of carbonyl (C=O) groups excluding carboxylic acids is 1. The van der Waals surface area contributed by atoms with Crippen LogP contribution in [0.1, 0.15) is 25.7 Å². The Kier molecular flexibility index (Phi) is 6.51. The number of Topliss-reactive ketones (excluding diaryl/α,β-unsaturated/α-hetero) is 1. The van der Waals surface area contributed by atoms with Crippen molar-refractivity contribution in [3.8, 4) is 0 Å². The van der Waals surface area contributed by atoms with E-state index in [4.69, 9.17) is 15.3 Å². The number of aromatic nitrogens is 2. The lowest BCUT2D eigenvalue weighted by atomic mass is 9.97. The van der Waals surface area contributed by atoms with Gasteiger partial charge in [0.15, 0.2) is 11.4 Å². The van der Waals surface area contributed by atoms with Gasteiger partial charge in [-0.1, -0.05) is 0 Å². The summed E-state index contributed by atoms with van der Waals surface area (Å²) in [6.45, 7) is 0.685. The van der Waals surface area contributed by atoms with E-state index < -0.39 is 33.0 Å². The summed E-state index contributed by atoms with van der Waals surface area (Å²) in [6.07, 6.45) is 6.55. The molecule has 0 aromatic carbocycles. The van der Waals surface area contributed by atoms with Gasteiger partial charge in [-0.15, -0.1) is 0 Å². The molecule has 1 aromatic rings. The Morgan fingerprint density at radius 2 is 2.12 bits per heavy atom. The van der Waals surface area contributed by atoms with Gasteiger partial charge in [0.05, 0.1) is 19.4 Å². The van der Waals surface area contributed by atoms with Crippen molar-refractivity contribution >= 4 is 21.5 Å². The maximum Gasteiger partial charge on any atom is 0.365 e. The van der Waals surface area contributed by atoms with Gasteiger partial charge in [0, 0.05) is 12.4 Å². The average Bonchev–Trinajstić information content (AvgIpc) is 3.22. The van der Waals surface area contributed by atoms with Crippen molar-refractivity contribution in [3.63, 3.8) is 0 Å². The van der Waals surface area contributed by atoms with E-state index in [-0.39, 0.29) is 12.3 Å². The van der Waals surface area contributed by atoms with Crippen LogP contribution in [-0.4, -0.2) is 54.1 Å². The minimum atomic E-state index is -4.98. The first-order valence-corrected chi connectivity index (χ1v) is 11.0. The molecule has 1 heterocycles. The fourth-order valence-corrected chi connectivity index (χ4v) is 5.38. The molecule has 1 aliphatic carbocycles. The van der Waals surface area contributed by atoms with E-state index in [1.165, 1.54) is 30.0 Å². The molecule has 25 heavy (non-hydrogen) atoms. The number of carbonyl (C=O) groups is 1. The monoisotopic (exact) mass is 395 g/mol. The molecular formula is C13H23N3O7P2. The summed E-state index contributed by atoms with van der Waals surface area (Å²) in [5, 5.41) is 8.15. The molecule has 1 saturated carbocycles. The van der Waals surface area contributed by atoms with Crippen LogP contribution < -0.4 is 5.73 Å². The minimum Gasteiger partial charge on any atom is -0.370 e. The summed E-state index contributed by atoms with van der Waals surface area (Å²) in [7, 11) is -7.15. The third-order valence-corrected chi connectivity index (χ3v) is 8.49. The molecule has 0 bridgehead atoms. The van der Waals surface area contributed by atoms with Crippen LogP contribution in [0, 0.1) is 0 Å². The Bertz CT molecular complexity index is 630. The van der Waals surface area contributed by atoms with Gasteiger partial charge in [-0.05, 0) is 32.3 Å². The Balaban J connectivity index is 2.15. The van der Waals surface area contributed by atoms with E-state index in [0.717, 1.165) is 12.8 Å². The van der Waals surface area contributed by atoms with E-state index in [1.807, 2.05) is 0 Å². The first-order valence-electron chi connectivity index (χ1n) is 7.71. The quantitative estimate of drug-likeness (QED) is 0.266. The van der Waals surface area contributed by atoms with Crippen LogP contribution in [0.25, 0.3) is 0 Å². The summed E-state index contributed by atoms with van der Waals surface area (Å²) in [5.74, 6) is -0.331. The smallest absolute Gasteiger partial charge is 0.365 e. The van der Waals surface area contributed by atoms with Crippen LogP contribution in [0.3, 0.4) is 0 Å². The van der Waals surface area contributed by atoms with Crippen LogP contribution >= 0.6 is 15.7 Å². The second-order valence-corrected chi connectivity index (χ2v) is 10.1. The van der Waals surface area contributed by atoms with Crippen LogP contribution in [-0.2, 0) is 25.5 Å². The van der Waals surface area contributed by atoms with Gasteiger partial charge in [0.25, 0.3) is 0 Å². The van der Waals surface area contributed by atoms with E-state index >= 15 is 0 Å². The summed E-state index contributed by atoms with van der Waals surface area (Å²) < 4.78 is 18.4. The molecule has 1 fully saturated rings. The second-order valence-electron chi connectivity index (χ2n) is 6.04. The van der Waals surface area contributed by atoms with E-state index in [1.54, 1.807) is 0 Å². The molecule has 1 unspecified atom stereocenters. The first kappa shape index (κ1) is 20.6. The molecule has 10 nitrogen and oxygen atoms in total. The number of nitrogens with two attached hydrogens (primary N) is 1. The lowest BCUT2D eigenvalue weighted by Crippen LogP contribution is -2.43. The summed E-state index contributed by atoms with van der Waals surface area (Å²) in [4.78, 5) is 40.5. The van der Waals surface area contributed by atoms with Gasteiger partial charge in [-0.2, -0.15) is 0 Å². The molecule has 142 valence electrons. The normalized spacial score (nSPS) is 21.0. The third kappa shape index (κ3) is 4.35. The molecule has 0 aliphatic heterocycles. The highest BCUT2D eigenvalue weighted by atomic mass is 31.2. The summed E-state index contributed by atoms with van der Waals surface area (Å²) in [5.41, 5.74) is 4.21. The van der Waals surface area contributed by atoms with Crippen molar-refractivity contribution in [1.82, 2.24) is 9.55 Å². The zero-order chi connectivity index (χ0) is 18.7. The van der Waals surface area contributed by atoms with Gasteiger partial charge < -0.3 is 25.2 Å². The standard InChI is InChI=1S/C13H23N3O7P2/c1-24(23-22-12(11(17)8-14)4-2-3-5-12)13(18,25(19,20)21)9-16-7-6-15-10-16/h6-7,10,18H,2-5,8-9,14H2,1H3,(H2,19,20,21)/t13?,24-/m0/s1. The highest BCUT2D eigenvalue weighted by Gasteiger charge is 2.53. The Morgan fingerprint density at radius 1 is 1.48 bits per heavy atom. The van der Waals surface area contributed by atoms with Crippen LogP contribution in [0.4, 0.5) is 0 Å². The zero-order valence-corrected chi connectivity index (χ0v) is 15.6. The van der Waals surface area contributed by atoms with Gasteiger partial charge in [0.1, 0.15) is 8.15 Å². The molecule has 0 radical (unpaired) electrons.